The van der Waals surface area contributed by atoms with E-state index in [0.29, 0.717) is 6.04 Å². The Balaban J connectivity index is 0.00000147. The van der Waals surface area contributed by atoms with Gasteiger partial charge in [0.15, 0.2) is 11.6 Å². The number of halogens is 2. The summed E-state index contributed by atoms with van der Waals surface area (Å²) in [7, 11) is 0. The second-order valence-electron chi connectivity index (χ2n) is 5.69. The van der Waals surface area contributed by atoms with E-state index in [1.54, 1.807) is 0 Å². The molecular formula is C15H22ClFN2O. The third kappa shape index (κ3) is 3.62. The largest absolute Gasteiger partial charge is 0.505 e. The van der Waals surface area contributed by atoms with E-state index in [4.69, 9.17) is 0 Å². The lowest BCUT2D eigenvalue weighted by molar-refractivity contribution is 0.160. The Kier molecular flexibility index (Phi) is 5.24. The molecule has 3 rings (SSSR count). The van der Waals surface area contributed by atoms with E-state index in [1.165, 1.54) is 25.0 Å². The fraction of sp³-hybridized carbons (Fsp3) is 0.600. The first kappa shape index (κ1) is 15.5. The van der Waals surface area contributed by atoms with Gasteiger partial charge in [0, 0.05) is 32.2 Å². The molecule has 1 aromatic carbocycles. The maximum atomic E-state index is 13.6. The fourth-order valence-electron chi connectivity index (χ4n) is 2.89. The first-order valence-corrected chi connectivity index (χ1v) is 7.17. The molecule has 0 bridgehead atoms. The third-order valence-corrected chi connectivity index (χ3v) is 4.20. The highest BCUT2D eigenvalue weighted by Gasteiger charge is 2.30. The zero-order valence-corrected chi connectivity index (χ0v) is 12.3. The maximum Gasteiger partial charge on any atom is 0.165 e. The molecule has 0 amide bonds. The number of benzene rings is 1. The maximum absolute atomic E-state index is 13.6. The predicted octanol–water partition coefficient (Wildman–Crippen LogP) is 2.70. The number of hydrogen-bond donors (Lipinski definition) is 2. The SMILES string of the molecule is Cl.Oc1ccc([C@H](CC2CC2)N2CCNCC2)cc1F. The molecule has 1 saturated carbocycles. The first-order chi connectivity index (χ1) is 9.24. The Hall–Kier alpha value is -0.840. The van der Waals surface area contributed by atoms with Gasteiger partial charge in [-0.05, 0) is 30.0 Å². The predicted molar refractivity (Wildman–Crippen MR) is 79.8 cm³/mol. The summed E-state index contributed by atoms with van der Waals surface area (Å²) < 4.78 is 13.6. The van der Waals surface area contributed by atoms with Gasteiger partial charge in [0.2, 0.25) is 0 Å². The minimum Gasteiger partial charge on any atom is -0.505 e. The van der Waals surface area contributed by atoms with Crippen LogP contribution in [0.5, 0.6) is 5.75 Å². The second-order valence-corrected chi connectivity index (χ2v) is 5.69. The number of piperazine rings is 1. The summed E-state index contributed by atoms with van der Waals surface area (Å²) in [6.45, 7) is 4.03. The molecule has 1 aliphatic heterocycles. The van der Waals surface area contributed by atoms with Gasteiger partial charge < -0.3 is 10.4 Å². The molecular weight excluding hydrogens is 279 g/mol. The number of phenols is 1. The zero-order chi connectivity index (χ0) is 13.2. The van der Waals surface area contributed by atoms with E-state index in [2.05, 4.69) is 10.2 Å². The first-order valence-electron chi connectivity index (χ1n) is 7.17. The molecule has 0 radical (unpaired) electrons. The van der Waals surface area contributed by atoms with Gasteiger partial charge in [0.25, 0.3) is 0 Å². The molecule has 0 unspecified atom stereocenters. The van der Waals surface area contributed by atoms with Gasteiger partial charge in [0.05, 0.1) is 0 Å². The van der Waals surface area contributed by atoms with Gasteiger partial charge >= 0.3 is 0 Å². The quantitative estimate of drug-likeness (QED) is 0.897. The monoisotopic (exact) mass is 300 g/mol. The lowest BCUT2D eigenvalue weighted by Gasteiger charge is -2.35. The lowest BCUT2D eigenvalue weighted by atomic mass is 9.98. The minimum absolute atomic E-state index is 0. The summed E-state index contributed by atoms with van der Waals surface area (Å²) in [6, 6.07) is 5.15. The summed E-state index contributed by atoms with van der Waals surface area (Å²) in [6.07, 6.45) is 3.73. The van der Waals surface area contributed by atoms with Crippen molar-refractivity contribution in [1.29, 1.82) is 0 Å². The van der Waals surface area contributed by atoms with Gasteiger partial charge in [-0.1, -0.05) is 18.9 Å². The van der Waals surface area contributed by atoms with Crippen molar-refractivity contribution in [2.45, 2.75) is 25.3 Å². The van der Waals surface area contributed by atoms with Crippen LogP contribution in [-0.4, -0.2) is 36.2 Å². The van der Waals surface area contributed by atoms with Gasteiger partial charge in [-0.2, -0.15) is 0 Å². The Morgan fingerprint density at radius 3 is 2.60 bits per heavy atom. The van der Waals surface area contributed by atoms with Crippen LogP contribution in [0.4, 0.5) is 4.39 Å². The summed E-state index contributed by atoms with van der Waals surface area (Å²) in [5, 5.41) is 12.7. The van der Waals surface area contributed by atoms with Crippen LogP contribution >= 0.6 is 12.4 Å². The van der Waals surface area contributed by atoms with Crippen LogP contribution in [0.15, 0.2) is 18.2 Å². The molecule has 0 spiro atoms. The van der Waals surface area contributed by atoms with Crippen LogP contribution in [0.25, 0.3) is 0 Å². The van der Waals surface area contributed by atoms with E-state index >= 15 is 0 Å². The van der Waals surface area contributed by atoms with Crippen molar-refractivity contribution in [1.82, 2.24) is 10.2 Å². The normalized spacial score (nSPS) is 21.2. The molecule has 20 heavy (non-hydrogen) atoms. The number of rotatable bonds is 4. The van der Waals surface area contributed by atoms with Crippen LogP contribution in [0.1, 0.15) is 30.9 Å². The minimum atomic E-state index is -0.506. The highest BCUT2D eigenvalue weighted by atomic mass is 35.5. The van der Waals surface area contributed by atoms with Crippen LogP contribution in [-0.2, 0) is 0 Å². The number of aromatic hydroxyl groups is 1. The van der Waals surface area contributed by atoms with Gasteiger partial charge in [0.1, 0.15) is 0 Å². The van der Waals surface area contributed by atoms with E-state index < -0.39 is 5.82 Å². The molecule has 2 fully saturated rings. The highest BCUT2D eigenvalue weighted by molar-refractivity contribution is 5.85. The number of phenolic OH excluding ortho intramolecular Hbond substituents is 1. The average molecular weight is 301 g/mol. The molecule has 1 aliphatic carbocycles. The fourth-order valence-corrected chi connectivity index (χ4v) is 2.89. The van der Waals surface area contributed by atoms with E-state index in [9.17, 15) is 9.50 Å². The molecule has 2 N–H and O–H groups in total. The van der Waals surface area contributed by atoms with Crippen molar-refractivity contribution in [3.8, 4) is 5.75 Å². The number of nitrogens with zero attached hydrogens (tertiary/aromatic N) is 1. The van der Waals surface area contributed by atoms with Crippen LogP contribution in [0.2, 0.25) is 0 Å². The van der Waals surface area contributed by atoms with E-state index in [0.717, 1.165) is 44.1 Å². The van der Waals surface area contributed by atoms with Crippen LogP contribution in [0.3, 0.4) is 0 Å². The summed E-state index contributed by atoms with van der Waals surface area (Å²) in [5.74, 6) is 0.0411. The Labute approximate surface area is 125 Å². The van der Waals surface area contributed by atoms with Crippen molar-refractivity contribution in [3.05, 3.63) is 29.6 Å². The Morgan fingerprint density at radius 1 is 1.30 bits per heavy atom. The Morgan fingerprint density at radius 2 is 2.00 bits per heavy atom. The van der Waals surface area contributed by atoms with Gasteiger partial charge in [-0.3, -0.25) is 4.90 Å². The molecule has 0 aromatic heterocycles. The molecule has 112 valence electrons. The molecule has 2 aliphatic rings. The number of nitrogens with one attached hydrogen (secondary N) is 1. The smallest absolute Gasteiger partial charge is 0.165 e. The molecule has 5 heteroatoms. The summed E-state index contributed by atoms with van der Waals surface area (Å²) in [4.78, 5) is 2.45. The van der Waals surface area contributed by atoms with Crippen molar-refractivity contribution in [2.75, 3.05) is 26.2 Å². The van der Waals surface area contributed by atoms with Crippen molar-refractivity contribution >= 4 is 12.4 Å². The molecule has 1 saturated heterocycles. The summed E-state index contributed by atoms with van der Waals surface area (Å²) in [5.41, 5.74) is 1.00. The van der Waals surface area contributed by atoms with Crippen LogP contribution in [0, 0.1) is 11.7 Å². The Bertz CT molecular complexity index is 447. The molecule has 1 atom stereocenters. The van der Waals surface area contributed by atoms with E-state index in [1.807, 2.05) is 6.07 Å². The standard InChI is InChI=1S/C15H21FN2O.ClH/c16-13-10-12(3-4-15(13)19)14(9-11-1-2-11)18-7-5-17-6-8-18;/h3-4,10-11,14,17,19H,1-2,5-9H2;1H/t14-;/m0./s1. The van der Waals surface area contributed by atoms with Crippen LogP contribution < -0.4 is 5.32 Å². The molecule has 1 heterocycles. The zero-order valence-electron chi connectivity index (χ0n) is 11.5. The molecule has 3 nitrogen and oxygen atoms in total. The van der Waals surface area contributed by atoms with Gasteiger partial charge in [-0.15, -0.1) is 12.4 Å². The number of hydrogen-bond acceptors (Lipinski definition) is 3. The lowest BCUT2D eigenvalue weighted by Crippen LogP contribution is -2.45. The second kappa shape index (κ2) is 6.74. The molecule has 1 aromatic rings. The highest BCUT2D eigenvalue weighted by Crippen LogP contribution is 2.40. The van der Waals surface area contributed by atoms with Crippen molar-refractivity contribution in [2.24, 2.45) is 5.92 Å². The topological polar surface area (TPSA) is 35.5 Å². The average Bonchev–Trinajstić information content (AvgIpc) is 3.24. The van der Waals surface area contributed by atoms with Crippen molar-refractivity contribution in [3.63, 3.8) is 0 Å². The third-order valence-electron chi connectivity index (χ3n) is 4.20. The summed E-state index contributed by atoms with van der Waals surface area (Å²) >= 11 is 0. The van der Waals surface area contributed by atoms with Gasteiger partial charge in [-0.25, -0.2) is 4.39 Å². The van der Waals surface area contributed by atoms with Crippen molar-refractivity contribution < 1.29 is 9.50 Å². The van der Waals surface area contributed by atoms with E-state index in [-0.39, 0.29) is 18.2 Å².